The van der Waals surface area contributed by atoms with E-state index in [1.807, 2.05) is 30.3 Å². The number of hydrogen-bond donors (Lipinski definition) is 0. The lowest BCUT2D eigenvalue weighted by molar-refractivity contribution is -0.250. The average molecular weight is 374 g/mol. The minimum Gasteiger partial charge on any atom is -0.497 e. The summed E-state index contributed by atoms with van der Waals surface area (Å²) in [6.07, 6.45) is -4.62. The van der Waals surface area contributed by atoms with Crippen molar-refractivity contribution in [1.29, 1.82) is 0 Å². The van der Waals surface area contributed by atoms with Crippen LogP contribution >= 0.6 is 0 Å². The minimum atomic E-state index is -4.62. The van der Waals surface area contributed by atoms with Gasteiger partial charge in [-0.25, -0.2) is 0 Å². The average Bonchev–Trinajstić information content (AvgIpc) is 3.16. The summed E-state index contributed by atoms with van der Waals surface area (Å²) < 4.78 is 54.5. The Labute approximate surface area is 154 Å². The van der Waals surface area contributed by atoms with Crippen molar-refractivity contribution in [3.63, 3.8) is 0 Å². The predicted molar refractivity (Wildman–Crippen MR) is 93.8 cm³/mol. The fourth-order valence-corrected chi connectivity index (χ4v) is 3.47. The summed E-state index contributed by atoms with van der Waals surface area (Å²) in [5, 5.41) is 0. The molecule has 140 valence electrons. The third kappa shape index (κ3) is 2.65. The van der Waals surface area contributed by atoms with Gasteiger partial charge in [0, 0.05) is 11.1 Å². The van der Waals surface area contributed by atoms with E-state index < -0.39 is 18.3 Å². The van der Waals surface area contributed by atoms with Crippen molar-refractivity contribution in [1.82, 2.24) is 9.55 Å². The SMILES string of the molecule is COc1ccc([C@]2(C(F)(F)F)Cn3c(nc(C)c3-c3ccccc3)O2)cc1. The molecule has 0 fully saturated rings. The van der Waals surface area contributed by atoms with Gasteiger partial charge < -0.3 is 9.47 Å². The summed E-state index contributed by atoms with van der Waals surface area (Å²) in [6, 6.07) is 15.0. The van der Waals surface area contributed by atoms with Crippen molar-refractivity contribution >= 4 is 0 Å². The summed E-state index contributed by atoms with van der Waals surface area (Å²) in [4.78, 5) is 4.25. The highest BCUT2D eigenvalue weighted by molar-refractivity contribution is 5.64. The number of methoxy groups -OCH3 is 1. The Morgan fingerprint density at radius 2 is 1.74 bits per heavy atom. The molecule has 0 aliphatic carbocycles. The first-order valence-electron chi connectivity index (χ1n) is 8.38. The molecular formula is C20H17F3N2O2. The zero-order valence-corrected chi connectivity index (χ0v) is 14.7. The quantitative estimate of drug-likeness (QED) is 0.666. The Bertz CT molecular complexity index is 965. The van der Waals surface area contributed by atoms with Crippen molar-refractivity contribution in [2.45, 2.75) is 25.2 Å². The van der Waals surface area contributed by atoms with Crippen LogP contribution in [-0.4, -0.2) is 22.8 Å². The number of aromatic nitrogens is 2. The molecular weight excluding hydrogens is 357 g/mol. The van der Waals surface area contributed by atoms with Gasteiger partial charge in [-0.2, -0.15) is 18.2 Å². The van der Waals surface area contributed by atoms with Crippen LogP contribution in [0.5, 0.6) is 11.8 Å². The van der Waals surface area contributed by atoms with E-state index in [2.05, 4.69) is 4.98 Å². The Kier molecular flexibility index (Phi) is 3.91. The van der Waals surface area contributed by atoms with Crippen molar-refractivity contribution < 1.29 is 22.6 Å². The maximum absolute atomic E-state index is 14.2. The van der Waals surface area contributed by atoms with Gasteiger partial charge >= 0.3 is 6.18 Å². The number of alkyl halides is 3. The van der Waals surface area contributed by atoms with E-state index in [4.69, 9.17) is 9.47 Å². The molecule has 27 heavy (non-hydrogen) atoms. The van der Waals surface area contributed by atoms with Crippen LogP contribution in [0.1, 0.15) is 11.3 Å². The number of aryl methyl sites for hydroxylation is 1. The van der Waals surface area contributed by atoms with Crippen LogP contribution in [0, 0.1) is 6.92 Å². The second-order valence-corrected chi connectivity index (χ2v) is 6.44. The van der Waals surface area contributed by atoms with Gasteiger partial charge in [-0.1, -0.05) is 42.5 Å². The second kappa shape index (κ2) is 6.04. The molecule has 7 heteroatoms. The fourth-order valence-electron chi connectivity index (χ4n) is 3.47. The molecule has 4 nitrogen and oxygen atoms in total. The topological polar surface area (TPSA) is 36.3 Å². The second-order valence-electron chi connectivity index (χ2n) is 6.44. The lowest BCUT2D eigenvalue weighted by Crippen LogP contribution is -2.47. The largest absolute Gasteiger partial charge is 0.497 e. The van der Waals surface area contributed by atoms with Gasteiger partial charge in [0.05, 0.1) is 25.0 Å². The molecule has 0 saturated heterocycles. The van der Waals surface area contributed by atoms with Gasteiger partial charge in [0.2, 0.25) is 5.60 Å². The molecule has 0 spiro atoms. The van der Waals surface area contributed by atoms with Gasteiger partial charge in [0.1, 0.15) is 5.75 Å². The van der Waals surface area contributed by atoms with Crippen LogP contribution in [0.3, 0.4) is 0 Å². The Balaban J connectivity index is 1.83. The summed E-state index contributed by atoms with van der Waals surface area (Å²) in [7, 11) is 1.46. The number of nitrogens with zero attached hydrogens (tertiary/aromatic N) is 2. The van der Waals surface area contributed by atoms with Gasteiger partial charge in [0.15, 0.2) is 0 Å². The van der Waals surface area contributed by atoms with Crippen LogP contribution in [0.25, 0.3) is 11.3 Å². The highest BCUT2D eigenvalue weighted by Gasteiger charge is 2.62. The van der Waals surface area contributed by atoms with Crippen molar-refractivity contribution in [2.75, 3.05) is 7.11 Å². The zero-order valence-electron chi connectivity index (χ0n) is 14.7. The van der Waals surface area contributed by atoms with E-state index >= 15 is 0 Å². The Morgan fingerprint density at radius 3 is 2.33 bits per heavy atom. The first-order chi connectivity index (χ1) is 12.9. The molecule has 0 radical (unpaired) electrons. The standard InChI is InChI=1S/C20H17F3N2O2/c1-13-17(14-6-4-3-5-7-14)25-12-19(20(21,22)23,27-18(25)24-13)15-8-10-16(26-2)11-9-15/h3-11H,12H2,1-2H3/t19-/m0/s1. The van der Waals surface area contributed by atoms with Gasteiger partial charge in [-0.05, 0) is 19.1 Å². The summed E-state index contributed by atoms with van der Waals surface area (Å²) in [5.74, 6) is 0.479. The van der Waals surface area contributed by atoms with Crippen LogP contribution in [0.15, 0.2) is 54.6 Å². The first-order valence-corrected chi connectivity index (χ1v) is 8.38. The lowest BCUT2D eigenvalue weighted by Gasteiger charge is -2.30. The van der Waals surface area contributed by atoms with Crippen LogP contribution in [0.2, 0.25) is 0 Å². The molecule has 1 atom stereocenters. The van der Waals surface area contributed by atoms with Crippen molar-refractivity contribution in [3.05, 3.63) is 65.9 Å². The number of imidazole rings is 1. The number of hydrogen-bond acceptors (Lipinski definition) is 3. The minimum absolute atomic E-state index is 0.0120. The van der Waals surface area contributed by atoms with Crippen LogP contribution < -0.4 is 9.47 Å². The number of rotatable bonds is 3. The molecule has 4 rings (SSSR count). The Hall–Kier alpha value is -2.96. The molecule has 2 aromatic carbocycles. The van der Waals surface area contributed by atoms with E-state index in [1.165, 1.54) is 35.9 Å². The molecule has 0 amide bonds. The highest BCUT2D eigenvalue weighted by Crippen LogP contribution is 2.50. The smallest absolute Gasteiger partial charge is 0.434 e. The van der Waals surface area contributed by atoms with E-state index in [0.29, 0.717) is 17.1 Å². The summed E-state index contributed by atoms with van der Waals surface area (Å²) >= 11 is 0. The molecule has 1 aliphatic heterocycles. The van der Waals surface area contributed by atoms with E-state index in [1.54, 1.807) is 6.92 Å². The maximum atomic E-state index is 14.2. The number of halogens is 3. The molecule has 0 N–H and O–H groups in total. The van der Waals surface area contributed by atoms with E-state index in [-0.39, 0.29) is 11.6 Å². The molecule has 3 aromatic rings. The summed E-state index contributed by atoms with van der Waals surface area (Å²) in [5.41, 5.74) is -0.422. The van der Waals surface area contributed by atoms with Gasteiger partial charge in [0.25, 0.3) is 6.01 Å². The molecule has 1 aromatic heterocycles. The number of fused-ring (bicyclic) bond motifs is 1. The maximum Gasteiger partial charge on any atom is 0.434 e. The highest BCUT2D eigenvalue weighted by atomic mass is 19.4. The monoisotopic (exact) mass is 374 g/mol. The first kappa shape index (κ1) is 17.5. The summed E-state index contributed by atoms with van der Waals surface area (Å²) in [6.45, 7) is 1.36. The third-order valence-electron chi connectivity index (χ3n) is 4.81. The third-order valence-corrected chi connectivity index (χ3v) is 4.81. The van der Waals surface area contributed by atoms with Gasteiger partial charge in [-0.3, -0.25) is 4.57 Å². The molecule has 0 bridgehead atoms. The van der Waals surface area contributed by atoms with Crippen LogP contribution in [-0.2, 0) is 12.1 Å². The van der Waals surface area contributed by atoms with Gasteiger partial charge in [-0.15, -0.1) is 0 Å². The van der Waals surface area contributed by atoms with E-state index in [9.17, 15) is 13.2 Å². The normalized spacial score (nSPS) is 18.9. The van der Waals surface area contributed by atoms with Crippen LogP contribution in [0.4, 0.5) is 13.2 Å². The molecule has 0 unspecified atom stereocenters. The van der Waals surface area contributed by atoms with E-state index in [0.717, 1.165) is 5.56 Å². The Morgan fingerprint density at radius 1 is 1.07 bits per heavy atom. The lowest BCUT2D eigenvalue weighted by atomic mass is 9.92. The number of benzene rings is 2. The molecule has 0 saturated carbocycles. The fraction of sp³-hybridized carbons (Fsp3) is 0.250. The predicted octanol–water partition coefficient (Wildman–Crippen LogP) is 4.72. The van der Waals surface area contributed by atoms with Crippen molar-refractivity contribution in [3.8, 4) is 23.0 Å². The molecule has 2 heterocycles. The number of ether oxygens (including phenoxy) is 2. The molecule has 1 aliphatic rings. The zero-order chi connectivity index (χ0) is 19.2. The van der Waals surface area contributed by atoms with Crippen molar-refractivity contribution in [2.24, 2.45) is 0 Å².